The average Bonchev–Trinajstić information content (AvgIpc) is 2.71. The second-order valence-corrected chi connectivity index (χ2v) is 3.77. The third-order valence-electron chi connectivity index (χ3n) is 2.53. The normalized spacial score (nSPS) is 15.6. The van der Waals surface area contributed by atoms with Crippen LogP contribution in [0.5, 0.6) is 0 Å². The number of benzene rings is 1. The van der Waals surface area contributed by atoms with Crippen molar-refractivity contribution >= 4 is 5.69 Å². The zero-order valence-electron chi connectivity index (χ0n) is 9.56. The minimum absolute atomic E-state index is 0.176. The third kappa shape index (κ3) is 3.41. The van der Waals surface area contributed by atoms with Gasteiger partial charge in [0, 0.05) is 18.4 Å². The van der Waals surface area contributed by atoms with Crippen molar-refractivity contribution in [3.05, 3.63) is 66.2 Å². The summed E-state index contributed by atoms with van der Waals surface area (Å²) >= 11 is 0. The van der Waals surface area contributed by atoms with Crippen molar-refractivity contribution in [2.45, 2.75) is 6.42 Å². The topological polar surface area (TPSA) is 44.3 Å². The maximum atomic E-state index is 8.74. The lowest BCUT2D eigenvalue weighted by Gasteiger charge is -1.94. The molecule has 3 nitrogen and oxygen atoms in total. The SMILES string of the molecule is OC1=CC=CC=CN1.c1ccc2c(c1)CCN2. The van der Waals surface area contributed by atoms with Gasteiger partial charge >= 0.3 is 0 Å². The van der Waals surface area contributed by atoms with Gasteiger partial charge in [0.05, 0.1) is 0 Å². The predicted octanol–water partition coefficient (Wildman–Crippen LogP) is 2.71. The fourth-order valence-corrected chi connectivity index (χ4v) is 1.69. The zero-order valence-corrected chi connectivity index (χ0v) is 9.56. The molecule has 1 aromatic rings. The van der Waals surface area contributed by atoms with Gasteiger partial charge in [-0.2, -0.15) is 0 Å². The quantitative estimate of drug-likeness (QED) is 0.639. The third-order valence-corrected chi connectivity index (χ3v) is 2.53. The molecule has 0 fully saturated rings. The van der Waals surface area contributed by atoms with Crippen LogP contribution in [0.15, 0.2) is 60.7 Å². The fourth-order valence-electron chi connectivity index (χ4n) is 1.69. The van der Waals surface area contributed by atoms with Gasteiger partial charge < -0.3 is 15.7 Å². The van der Waals surface area contributed by atoms with Gasteiger partial charge in [0.1, 0.15) is 0 Å². The van der Waals surface area contributed by atoms with Gasteiger partial charge in [0.2, 0.25) is 0 Å². The van der Waals surface area contributed by atoms with Crippen molar-refractivity contribution in [2.24, 2.45) is 0 Å². The average molecular weight is 228 g/mol. The van der Waals surface area contributed by atoms with E-state index in [1.54, 1.807) is 24.4 Å². The molecule has 3 N–H and O–H groups in total. The highest BCUT2D eigenvalue weighted by Crippen LogP contribution is 2.19. The van der Waals surface area contributed by atoms with Gasteiger partial charge in [0.25, 0.3) is 0 Å². The molecule has 0 atom stereocenters. The van der Waals surface area contributed by atoms with E-state index < -0.39 is 0 Å². The fraction of sp³-hybridized carbons (Fsp3) is 0.143. The van der Waals surface area contributed by atoms with Crippen LogP contribution in [0, 0.1) is 0 Å². The van der Waals surface area contributed by atoms with Crippen LogP contribution < -0.4 is 10.6 Å². The second kappa shape index (κ2) is 5.80. The summed E-state index contributed by atoms with van der Waals surface area (Å²) < 4.78 is 0. The predicted molar refractivity (Wildman–Crippen MR) is 70.8 cm³/mol. The van der Waals surface area contributed by atoms with E-state index in [1.165, 1.54) is 17.7 Å². The Kier molecular flexibility index (Phi) is 3.86. The summed E-state index contributed by atoms with van der Waals surface area (Å²) in [6.45, 7) is 1.11. The molecule has 0 radical (unpaired) electrons. The van der Waals surface area contributed by atoms with E-state index in [9.17, 15) is 0 Å². The lowest BCUT2D eigenvalue weighted by molar-refractivity contribution is 0.383. The van der Waals surface area contributed by atoms with Crippen LogP contribution in [0.1, 0.15) is 5.56 Å². The molecule has 0 amide bonds. The van der Waals surface area contributed by atoms with E-state index in [0.717, 1.165) is 6.54 Å². The minimum atomic E-state index is 0.176. The molecule has 0 unspecified atom stereocenters. The van der Waals surface area contributed by atoms with Gasteiger partial charge in [-0.15, -0.1) is 0 Å². The van der Waals surface area contributed by atoms with Crippen molar-refractivity contribution in [3.63, 3.8) is 0 Å². The standard InChI is InChI=1S/C8H9N.C6H7NO/c1-2-4-8-7(3-1)5-6-9-8;8-6-4-2-1-3-5-7-6/h1-4,9H,5-6H2;1-5,7-8H. The summed E-state index contributed by atoms with van der Waals surface area (Å²) in [4.78, 5) is 0. The highest BCUT2D eigenvalue weighted by molar-refractivity contribution is 5.54. The van der Waals surface area contributed by atoms with Crippen LogP contribution in [0.3, 0.4) is 0 Å². The maximum Gasteiger partial charge on any atom is 0.188 e. The smallest absolute Gasteiger partial charge is 0.188 e. The number of hydrogen-bond donors (Lipinski definition) is 3. The molecule has 0 spiro atoms. The summed E-state index contributed by atoms with van der Waals surface area (Å²) in [7, 11) is 0. The van der Waals surface area contributed by atoms with Gasteiger partial charge in [-0.05, 0) is 30.2 Å². The summed E-state index contributed by atoms with van der Waals surface area (Å²) in [6.07, 6.45) is 9.83. The summed E-state index contributed by atoms with van der Waals surface area (Å²) in [6, 6.07) is 8.46. The van der Waals surface area contributed by atoms with Gasteiger partial charge in [-0.25, -0.2) is 0 Å². The first kappa shape index (κ1) is 11.3. The Morgan fingerprint density at radius 2 is 1.94 bits per heavy atom. The Morgan fingerprint density at radius 3 is 2.82 bits per heavy atom. The highest BCUT2D eigenvalue weighted by atomic mass is 16.3. The van der Waals surface area contributed by atoms with Gasteiger partial charge in [-0.1, -0.05) is 30.4 Å². The maximum absolute atomic E-state index is 8.74. The van der Waals surface area contributed by atoms with Crippen molar-refractivity contribution in [1.82, 2.24) is 5.32 Å². The highest BCUT2D eigenvalue weighted by Gasteiger charge is 2.05. The van der Waals surface area contributed by atoms with Crippen molar-refractivity contribution in [1.29, 1.82) is 0 Å². The molecule has 2 heterocycles. The molecule has 2 aliphatic heterocycles. The van der Waals surface area contributed by atoms with Crippen LogP contribution in [0.4, 0.5) is 5.69 Å². The number of para-hydroxylation sites is 1. The molecule has 17 heavy (non-hydrogen) atoms. The molecular formula is C14H16N2O. The van der Waals surface area contributed by atoms with Crippen molar-refractivity contribution < 1.29 is 5.11 Å². The Labute approximate surface area is 101 Å². The molecule has 2 aliphatic rings. The van der Waals surface area contributed by atoms with Crippen LogP contribution in [0.2, 0.25) is 0 Å². The molecule has 0 aromatic heterocycles. The largest absolute Gasteiger partial charge is 0.495 e. The number of fused-ring (bicyclic) bond motifs is 1. The molecule has 3 rings (SSSR count). The Morgan fingerprint density at radius 1 is 1.06 bits per heavy atom. The lowest BCUT2D eigenvalue weighted by Crippen LogP contribution is -2.01. The second-order valence-electron chi connectivity index (χ2n) is 3.77. The molecule has 0 saturated carbocycles. The molecule has 3 heteroatoms. The molecule has 0 bridgehead atoms. The number of hydrogen-bond acceptors (Lipinski definition) is 3. The summed E-state index contributed by atoms with van der Waals surface area (Å²) in [5.74, 6) is 0.176. The number of allylic oxidation sites excluding steroid dienone is 4. The van der Waals surface area contributed by atoms with E-state index in [-0.39, 0.29) is 5.88 Å². The first-order valence-corrected chi connectivity index (χ1v) is 5.67. The van der Waals surface area contributed by atoms with Crippen LogP contribution in [-0.4, -0.2) is 11.7 Å². The number of aliphatic hydroxyl groups excluding tert-OH is 1. The van der Waals surface area contributed by atoms with E-state index in [2.05, 4.69) is 34.9 Å². The van der Waals surface area contributed by atoms with Crippen LogP contribution in [0.25, 0.3) is 0 Å². The number of rotatable bonds is 0. The van der Waals surface area contributed by atoms with E-state index in [1.807, 2.05) is 6.08 Å². The molecule has 88 valence electrons. The van der Waals surface area contributed by atoms with E-state index >= 15 is 0 Å². The molecule has 0 saturated heterocycles. The lowest BCUT2D eigenvalue weighted by atomic mass is 10.2. The van der Waals surface area contributed by atoms with Crippen LogP contribution in [-0.2, 0) is 6.42 Å². The first-order chi connectivity index (χ1) is 8.36. The van der Waals surface area contributed by atoms with E-state index in [4.69, 9.17) is 5.11 Å². The first-order valence-electron chi connectivity index (χ1n) is 5.67. The summed E-state index contributed by atoms with van der Waals surface area (Å²) in [5, 5.41) is 14.7. The zero-order chi connectivity index (χ0) is 11.9. The van der Waals surface area contributed by atoms with Crippen molar-refractivity contribution in [2.75, 3.05) is 11.9 Å². The monoisotopic (exact) mass is 228 g/mol. The minimum Gasteiger partial charge on any atom is -0.495 e. The molecule has 1 aromatic carbocycles. The van der Waals surface area contributed by atoms with E-state index in [0.29, 0.717) is 0 Å². The number of nitrogens with one attached hydrogen (secondary N) is 2. The van der Waals surface area contributed by atoms with Gasteiger partial charge in [-0.3, -0.25) is 0 Å². The Bertz CT molecular complexity index is 438. The van der Waals surface area contributed by atoms with Crippen molar-refractivity contribution in [3.8, 4) is 0 Å². The van der Waals surface area contributed by atoms with Gasteiger partial charge in [0.15, 0.2) is 5.88 Å². The number of anilines is 1. The number of aliphatic hydroxyl groups is 1. The molecule has 0 aliphatic carbocycles. The summed E-state index contributed by atoms with van der Waals surface area (Å²) in [5.41, 5.74) is 2.77. The van der Waals surface area contributed by atoms with Crippen LogP contribution >= 0.6 is 0 Å². The Hall–Kier alpha value is -2.16. The Balaban J connectivity index is 0.000000128. The molecular weight excluding hydrogens is 212 g/mol.